The van der Waals surface area contributed by atoms with E-state index < -0.39 is 0 Å². The highest BCUT2D eigenvalue weighted by atomic mass is 79.9. The summed E-state index contributed by atoms with van der Waals surface area (Å²) in [6.07, 6.45) is 0. The average Bonchev–Trinajstić information content (AvgIpc) is 2.83. The predicted molar refractivity (Wildman–Crippen MR) is 80.5 cm³/mol. The van der Waals surface area contributed by atoms with Crippen molar-refractivity contribution in [1.82, 2.24) is 14.1 Å². The maximum atomic E-state index is 4.70. The molecule has 0 aliphatic carbocycles. The molecule has 2 heterocycles. The molecular weight excluding hydrogens is 358 g/mol. The number of halogens is 2. The molecule has 0 radical (unpaired) electrons. The summed E-state index contributed by atoms with van der Waals surface area (Å²) in [7, 11) is 4.06. The first-order valence-corrected chi connectivity index (χ1v) is 7.10. The normalized spacial score (nSPS) is 11.3. The fourth-order valence-electron chi connectivity index (χ4n) is 2.13. The van der Waals surface area contributed by atoms with Gasteiger partial charge in [0.05, 0.1) is 25.8 Å². The van der Waals surface area contributed by atoms with Crippen LogP contribution in [0, 0.1) is 0 Å². The van der Waals surface area contributed by atoms with Crippen molar-refractivity contribution in [2.45, 2.75) is 0 Å². The summed E-state index contributed by atoms with van der Waals surface area (Å²) in [4.78, 5) is 4.70. The number of rotatable bonds is 1. The van der Waals surface area contributed by atoms with Gasteiger partial charge in [-0.15, -0.1) is 0 Å². The quantitative estimate of drug-likeness (QED) is 0.633. The van der Waals surface area contributed by atoms with Crippen molar-refractivity contribution >= 4 is 42.9 Å². The highest BCUT2D eigenvalue weighted by molar-refractivity contribution is 9.13. The fourth-order valence-corrected chi connectivity index (χ4v) is 2.92. The summed E-state index contributed by atoms with van der Waals surface area (Å²) < 4.78 is 6.24. The molecule has 3 nitrogen and oxygen atoms in total. The lowest BCUT2D eigenvalue weighted by Crippen LogP contribution is -1.98. The van der Waals surface area contributed by atoms with E-state index in [1.54, 1.807) is 0 Å². The molecule has 0 saturated carbocycles. The van der Waals surface area contributed by atoms with Crippen LogP contribution in [0.1, 0.15) is 0 Å². The molecule has 0 spiro atoms. The molecule has 0 atom stereocenters. The largest absolute Gasteiger partial charge is 0.335 e. The van der Waals surface area contributed by atoms with Crippen LogP contribution in [0.5, 0.6) is 0 Å². The molecule has 18 heavy (non-hydrogen) atoms. The monoisotopic (exact) mass is 367 g/mol. The number of imidazole rings is 1. The summed E-state index contributed by atoms with van der Waals surface area (Å²) in [5, 5.41) is 0. The second-order valence-corrected chi connectivity index (χ2v) is 5.82. The lowest BCUT2D eigenvalue weighted by molar-refractivity contribution is 0.871. The summed E-state index contributed by atoms with van der Waals surface area (Å²) in [6.45, 7) is 0. The van der Waals surface area contributed by atoms with Crippen molar-refractivity contribution in [1.29, 1.82) is 0 Å². The predicted octanol–water partition coefficient (Wildman–Crippen LogP) is 4.10. The Bertz CT molecular complexity index is 740. The van der Waals surface area contributed by atoms with Crippen LogP contribution < -0.4 is 0 Å². The summed E-state index contributed by atoms with van der Waals surface area (Å²) in [5.41, 5.74) is 3.23. The first-order valence-electron chi connectivity index (χ1n) is 5.52. The van der Waals surface area contributed by atoms with Crippen LogP contribution in [-0.4, -0.2) is 14.1 Å². The van der Waals surface area contributed by atoms with Crippen LogP contribution in [0.25, 0.3) is 22.6 Å². The van der Waals surface area contributed by atoms with E-state index in [-0.39, 0.29) is 0 Å². The average molecular weight is 369 g/mol. The van der Waals surface area contributed by atoms with E-state index in [0.717, 1.165) is 31.6 Å². The van der Waals surface area contributed by atoms with Crippen LogP contribution in [0.15, 0.2) is 39.4 Å². The van der Waals surface area contributed by atoms with E-state index in [1.807, 2.05) is 32.3 Å². The van der Waals surface area contributed by atoms with E-state index in [2.05, 4.69) is 53.1 Å². The molecule has 0 N–H and O–H groups in total. The zero-order chi connectivity index (χ0) is 12.9. The minimum absolute atomic E-state index is 0.963. The van der Waals surface area contributed by atoms with Gasteiger partial charge in [0, 0.05) is 14.1 Å². The number of hydrogen-bond donors (Lipinski definition) is 0. The highest BCUT2D eigenvalue weighted by Gasteiger charge is 2.15. The van der Waals surface area contributed by atoms with Crippen molar-refractivity contribution in [3.63, 3.8) is 0 Å². The van der Waals surface area contributed by atoms with Gasteiger partial charge in [0.25, 0.3) is 0 Å². The van der Waals surface area contributed by atoms with Crippen LogP contribution >= 0.6 is 31.9 Å². The smallest absolute Gasteiger partial charge is 0.157 e. The SMILES string of the molecule is Cn1c(-c2nc3ccccc3n2C)cc(Br)c1Br. The molecule has 1 aromatic carbocycles. The van der Waals surface area contributed by atoms with Gasteiger partial charge < -0.3 is 9.13 Å². The summed E-state index contributed by atoms with van der Waals surface area (Å²) in [5.74, 6) is 0.963. The van der Waals surface area contributed by atoms with Gasteiger partial charge in [0.2, 0.25) is 0 Å². The first-order chi connectivity index (χ1) is 8.59. The molecule has 0 amide bonds. The Balaban J connectivity index is 2.31. The van der Waals surface area contributed by atoms with Gasteiger partial charge in [0.15, 0.2) is 5.82 Å². The van der Waals surface area contributed by atoms with Crippen molar-refractivity contribution in [2.24, 2.45) is 14.1 Å². The molecule has 0 saturated heterocycles. The first kappa shape index (κ1) is 12.0. The van der Waals surface area contributed by atoms with Crippen molar-refractivity contribution in [3.05, 3.63) is 39.4 Å². The second kappa shape index (κ2) is 4.24. The second-order valence-electron chi connectivity index (χ2n) is 4.21. The van der Waals surface area contributed by atoms with Gasteiger partial charge in [-0.3, -0.25) is 0 Å². The molecule has 3 rings (SSSR count). The van der Waals surface area contributed by atoms with Crippen LogP contribution in [0.2, 0.25) is 0 Å². The Morgan fingerprint density at radius 3 is 2.39 bits per heavy atom. The number of aryl methyl sites for hydroxylation is 1. The van der Waals surface area contributed by atoms with Gasteiger partial charge >= 0.3 is 0 Å². The van der Waals surface area contributed by atoms with Gasteiger partial charge in [0.1, 0.15) is 0 Å². The van der Waals surface area contributed by atoms with Crippen LogP contribution in [0.3, 0.4) is 0 Å². The van der Waals surface area contributed by atoms with Gasteiger partial charge in [-0.1, -0.05) is 12.1 Å². The summed E-state index contributed by atoms with van der Waals surface area (Å²) >= 11 is 7.07. The third kappa shape index (κ3) is 1.65. The number of aromatic nitrogens is 3. The van der Waals surface area contributed by atoms with E-state index in [1.165, 1.54) is 0 Å². The third-order valence-electron chi connectivity index (χ3n) is 3.13. The van der Waals surface area contributed by atoms with Gasteiger partial charge in [-0.05, 0) is 50.1 Å². The molecule has 0 unspecified atom stereocenters. The van der Waals surface area contributed by atoms with Crippen molar-refractivity contribution in [2.75, 3.05) is 0 Å². The number of para-hydroxylation sites is 2. The van der Waals surface area contributed by atoms with Gasteiger partial charge in [-0.25, -0.2) is 4.98 Å². The fraction of sp³-hybridized carbons (Fsp3) is 0.154. The Morgan fingerprint density at radius 2 is 1.78 bits per heavy atom. The maximum absolute atomic E-state index is 4.70. The Hall–Kier alpha value is -1.07. The Kier molecular flexibility index (Phi) is 2.83. The topological polar surface area (TPSA) is 22.8 Å². The minimum atomic E-state index is 0.963. The molecule has 0 aliphatic heterocycles. The lowest BCUT2D eigenvalue weighted by Gasteiger charge is -2.04. The van der Waals surface area contributed by atoms with Crippen LogP contribution in [-0.2, 0) is 14.1 Å². The number of hydrogen-bond acceptors (Lipinski definition) is 1. The molecule has 0 fully saturated rings. The van der Waals surface area contributed by atoms with E-state index >= 15 is 0 Å². The minimum Gasteiger partial charge on any atom is -0.335 e. The molecular formula is C13H11Br2N3. The molecule has 2 aromatic heterocycles. The highest BCUT2D eigenvalue weighted by Crippen LogP contribution is 2.32. The summed E-state index contributed by atoms with van der Waals surface area (Å²) in [6, 6.07) is 10.2. The molecule has 92 valence electrons. The molecule has 0 bridgehead atoms. The van der Waals surface area contributed by atoms with Crippen molar-refractivity contribution in [3.8, 4) is 11.5 Å². The molecule has 5 heteroatoms. The molecule has 3 aromatic rings. The lowest BCUT2D eigenvalue weighted by atomic mass is 10.3. The van der Waals surface area contributed by atoms with E-state index in [9.17, 15) is 0 Å². The standard InChI is InChI=1S/C13H11Br2N3/c1-17-11(7-8(14)12(17)15)13-16-9-5-3-4-6-10(9)18(13)2/h3-7H,1-2H3. The van der Waals surface area contributed by atoms with Gasteiger partial charge in [-0.2, -0.15) is 0 Å². The van der Waals surface area contributed by atoms with Crippen molar-refractivity contribution < 1.29 is 0 Å². The van der Waals surface area contributed by atoms with E-state index in [4.69, 9.17) is 4.98 Å². The third-order valence-corrected chi connectivity index (χ3v) is 5.23. The zero-order valence-electron chi connectivity index (χ0n) is 9.98. The molecule has 0 aliphatic rings. The van der Waals surface area contributed by atoms with E-state index in [0.29, 0.717) is 0 Å². The number of fused-ring (bicyclic) bond motifs is 1. The Labute approximate surface area is 122 Å². The zero-order valence-corrected chi connectivity index (χ0v) is 13.2. The number of benzene rings is 1. The van der Waals surface area contributed by atoms with Crippen LogP contribution in [0.4, 0.5) is 0 Å². The number of nitrogens with zero attached hydrogens (tertiary/aromatic N) is 3. The Morgan fingerprint density at radius 1 is 1.06 bits per heavy atom. The maximum Gasteiger partial charge on any atom is 0.157 e.